The number of para-hydroxylation sites is 1. The molecule has 1 atom stereocenters. The molecule has 1 aliphatic carbocycles. The molecule has 1 fully saturated rings. The quantitative estimate of drug-likeness (QED) is 0.172. The number of carboxylic acids is 1. The van der Waals surface area contributed by atoms with Gasteiger partial charge in [0.05, 0.1) is 5.41 Å². The molecule has 1 saturated carbocycles. The van der Waals surface area contributed by atoms with Crippen molar-refractivity contribution in [2.45, 2.75) is 64.3 Å². The number of aliphatic carboxylic acids is 1. The van der Waals surface area contributed by atoms with Crippen LogP contribution < -0.4 is 15.4 Å². The number of hydrogen-bond acceptors (Lipinski definition) is 7. The third kappa shape index (κ3) is 9.78. The zero-order valence-corrected chi connectivity index (χ0v) is 25.4. The number of unbranched alkanes of at least 4 members (excludes halogenated alkanes) is 1. The Hall–Kier alpha value is -3.98. The summed E-state index contributed by atoms with van der Waals surface area (Å²) in [5.74, 6) is 0.550. The van der Waals surface area contributed by atoms with Crippen LogP contribution in [0.4, 0.5) is 5.82 Å². The number of rotatable bonds is 19. The zero-order chi connectivity index (χ0) is 30.5. The maximum absolute atomic E-state index is 13.2. The average Bonchev–Trinajstić information content (AvgIpc) is 3.82. The van der Waals surface area contributed by atoms with Gasteiger partial charge in [0.15, 0.2) is 0 Å². The fourth-order valence-electron chi connectivity index (χ4n) is 5.32. The van der Waals surface area contributed by atoms with Gasteiger partial charge in [-0.15, -0.1) is 0 Å². The molecule has 1 aliphatic rings. The van der Waals surface area contributed by atoms with Crippen molar-refractivity contribution in [3.63, 3.8) is 0 Å². The summed E-state index contributed by atoms with van der Waals surface area (Å²) < 4.78 is 5.94. The Morgan fingerprint density at radius 2 is 1.79 bits per heavy atom. The van der Waals surface area contributed by atoms with Gasteiger partial charge in [-0.25, -0.2) is 9.78 Å². The maximum atomic E-state index is 13.2. The minimum atomic E-state index is -1.01. The van der Waals surface area contributed by atoms with Gasteiger partial charge in [-0.3, -0.25) is 14.7 Å². The van der Waals surface area contributed by atoms with Crippen LogP contribution in [-0.2, 0) is 28.9 Å². The Kier molecular flexibility index (Phi) is 11.9. The van der Waals surface area contributed by atoms with Crippen molar-refractivity contribution in [2.75, 3.05) is 38.6 Å². The minimum Gasteiger partial charge on any atom is -0.492 e. The molecule has 3 N–H and O–H groups in total. The van der Waals surface area contributed by atoms with E-state index in [9.17, 15) is 14.7 Å². The molecule has 0 radical (unpaired) electrons. The first-order chi connectivity index (χ1) is 20.9. The number of ether oxygens (including phenoxy) is 1. The topological polar surface area (TPSA) is 117 Å². The molecule has 1 aromatic carbocycles. The van der Waals surface area contributed by atoms with Gasteiger partial charge in [-0.2, -0.15) is 0 Å². The Bertz CT molecular complexity index is 1300. The summed E-state index contributed by atoms with van der Waals surface area (Å²) in [7, 11) is 1.90. The number of pyridine rings is 2. The summed E-state index contributed by atoms with van der Waals surface area (Å²) >= 11 is 0. The highest BCUT2D eigenvalue weighted by atomic mass is 16.5. The number of amides is 1. The Balaban J connectivity index is 1.31. The van der Waals surface area contributed by atoms with Crippen molar-refractivity contribution in [1.82, 2.24) is 20.2 Å². The predicted molar refractivity (Wildman–Crippen MR) is 168 cm³/mol. The first-order valence-corrected chi connectivity index (χ1v) is 15.4. The summed E-state index contributed by atoms with van der Waals surface area (Å²) in [5, 5.41) is 16.0. The number of carbonyl (C=O) groups is 2. The predicted octanol–water partition coefficient (Wildman–Crippen LogP) is 4.77. The lowest BCUT2D eigenvalue weighted by molar-refractivity contribution is -0.143. The maximum Gasteiger partial charge on any atom is 0.326 e. The molecule has 1 unspecified atom stereocenters. The number of aryl methyl sites for hydroxylation is 2. The molecule has 9 nitrogen and oxygen atoms in total. The molecule has 230 valence electrons. The first-order valence-electron chi connectivity index (χ1n) is 15.4. The van der Waals surface area contributed by atoms with E-state index in [0.29, 0.717) is 32.5 Å². The molecule has 0 saturated heterocycles. The van der Waals surface area contributed by atoms with Gasteiger partial charge in [-0.05, 0) is 87.4 Å². The standard InChI is InChI=1S/C34H45N5O4/c1-3-26-15-16-27(37-31(26)35-2)11-8-10-21-39(23-24-43-29-13-5-4-6-14-29)22-17-30(32(40)41)38-33(42)34(18-19-34)25-28-12-7-9-20-36-28/h4-7,9,12-16,20,30H,3,8,10-11,17-19,21-25H2,1-2H3,(H,35,37)(H,38,42)(H,40,41). The summed E-state index contributed by atoms with van der Waals surface area (Å²) in [4.78, 5) is 36.8. The fraction of sp³-hybridized carbons (Fsp3) is 0.471. The second-order valence-electron chi connectivity index (χ2n) is 11.3. The number of hydrogen-bond donors (Lipinski definition) is 3. The number of carbonyl (C=O) groups excluding carboxylic acids is 1. The third-order valence-electron chi connectivity index (χ3n) is 8.15. The van der Waals surface area contributed by atoms with Crippen molar-refractivity contribution < 1.29 is 19.4 Å². The van der Waals surface area contributed by atoms with Gasteiger partial charge in [-0.1, -0.05) is 37.3 Å². The first kappa shape index (κ1) is 31.9. The van der Waals surface area contributed by atoms with Crippen LogP contribution >= 0.6 is 0 Å². The van der Waals surface area contributed by atoms with Gasteiger partial charge in [0.25, 0.3) is 0 Å². The van der Waals surface area contributed by atoms with E-state index in [-0.39, 0.29) is 5.91 Å². The lowest BCUT2D eigenvalue weighted by Gasteiger charge is -2.25. The molecule has 0 bridgehead atoms. The van der Waals surface area contributed by atoms with Crippen LogP contribution in [0.2, 0.25) is 0 Å². The van der Waals surface area contributed by atoms with Crippen molar-refractivity contribution in [1.29, 1.82) is 0 Å². The van der Waals surface area contributed by atoms with Crippen molar-refractivity contribution >= 4 is 17.7 Å². The van der Waals surface area contributed by atoms with E-state index in [0.717, 1.165) is 68.0 Å². The zero-order valence-electron chi connectivity index (χ0n) is 25.4. The SMILES string of the molecule is CCc1ccc(CCCCN(CCOc2ccccc2)CCC(NC(=O)C2(Cc3ccccn3)CC2)C(=O)O)nc1NC. The normalized spacial score (nSPS) is 14.2. The van der Waals surface area contributed by atoms with E-state index < -0.39 is 17.4 Å². The molecule has 43 heavy (non-hydrogen) atoms. The number of anilines is 1. The fourth-order valence-corrected chi connectivity index (χ4v) is 5.32. The van der Waals surface area contributed by atoms with Gasteiger partial charge in [0.2, 0.25) is 5.91 Å². The molecule has 1 amide bonds. The molecule has 2 aromatic heterocycles. The number of benzene rings is 1. The Labute approximate surface area is 255 Å². The van der Waals surface area contributed by atoms with Crippen LogP contribution in [0.15, 0.2) is 66.9 Å². The van der Waals surface area contributed by atoms with Crippen LogP contribution in [0.3, 0.4) is 0 Å². The Morgan fingerprint density at radius 3 is 2.47 bits per heavy atom. The van der Waals surface area contributed by atoms with Crippen molar-refractivity contribution in [3.05, 3.63) is 83.8 Å². The molecule has 4 rings (SSSR count). The third-order valence-corrected chi connectivity index (χ3v) is 8.15. The van der Waals surface area contributed by atoms with Gasteiger partial charge in [0.1, 0.15) is 24.2 Å². The van der Waals surface area contributed by atoms with Crippen LogP contribution in [0.1, 0.15) is 56.0 Å². The number of aromatic nitrogens is 2. The van der Waals surface area contributed by atoms with E-state index >= 15 is 0 Å². The van der Waals surface area contributed by atoms with E-state index in [1.807, 2.05) is 55.6 Å². The smallest absolute Gasteiger partial charge is 0.326 e. The van der Waals surface area contributed by atoms with Crippen molar-refractivity contribution in [2.24, 2.45) is 5.41 Å². The van der Waals surface area contributed by atoms with Gasteiger partial charge < -0.3 is 20.5 Å². The average molecular weight is 588 g/mol. The highest BCUT2D eigenvalue weighted by Gasteiger charge is 2.50. The lowest BCUT2D eigenvalue weighted by atomic mass is 9.98. The van der Waals surface area contributed by atoms with Crippen molar-refractivity contribution in [3.8, 4) is 5.75 Å². The largest absolute Gasteiger partial charge is 0.492 e. The number of carboxylic acid groups (broad SMARTS) is 1. The van der Waals surface area contributed by atoms with E-state index in [2.05, 4.69) is 39.6 Å². The van der Waals surface area contributed by atoms with Crippen LogP contribution in [-0.4, -0.2) is 71.2 Å². The molecular formula is C34H45N5O4. The van der Waals surface area contributed by atoms with Crippen LogP contribution in [0.5, 0.6) is 5.75 Å². The molecule has 3 aromatic rings. The summed E-state index contributed by atoms with van der Waals surface area (Å²) in [6, 6.07) is 18.6. The van der Waals surface area contributed by atoms with Crippen LogP contribution in [0, 0.1) is 5.41 Å². The number of nitrogens with one attached hydrogen (secondary N) is 2. The molecule has 2 heterocycles. The highest BCUT2D eigenvalue weighted by molar-refractivity contribution is 5.89. The molecule has 0 spiro atoms. The summed E-state index contributed by atoms with van der Waals surface area (Å²) in [6.07, 6.45) is 7.77. The summed E-state index contributed by atoms with van der Waals surface area (Å²) in [6.45, 7) is 4.61. The monoisotopic (exact) mass is 587 g/mol. The summed E-state index contributed by atoms with van der Waals surface area (Å²) in [5.41, 5.74) is 2.57. The van der Waals surface area contributed by atoms with Gasteiger partial charge in [0, 0.05) is 44.1 Å². The minimum absolute atomic E-state index is 0.188. The van der Waals surface area contributed by atoms with E-state index in [1.54, 1.807) is 6.20 Å². The Morgan fingerprint density at radius 1 is 1.00 bits per heavy atom. The molecular weight excluding hydrogens is 542 g/mol. The number of nitrogens with zero attached hydrogens (tertiary/aromatic N) is 3. The second kappa shape index (κ2) is 16.0. The lowest BCUT2D eigenvalue weighted by Crippen LogP contribution is -2.46. The second-order valence-corrected chi connectivity index (χ2v) is 11.3. The molecule has 0 aliphatic heterocycles. The van der Waals surface area contributed by atoms with Crippen LogP contribution in [0.25, 0.3) is 0 Å². The molecule has 9 heteroatoms. The van der Waals surface area contributed by atoms with Gasteiger partial charge >= 0.3 is 5.97 Å². The van der Waals surface area contributed by atoms with E-state index in [4.69, 9.17) is 9.72 Å². The van der Waals surface area contributed by atoms with E-state index in [1.165, 1.54) is 5.56 Å². The highest BCUT2D eigenvalue weighted by Crippen LogP contribution is 2.48.